The molecule has 1 aromatic heterocycles. The molecule has 2 heterocycles. The summed E-state index contributed by atoms with van der Waals surface area (Å²) in [6.45, 7) is 5.45. The van der Waals surface area contributed by atoms with E-state index in [0.717, 1.165) is 17.5 Å². The van der Waals surface area contributed by atoms with E-state index in [4.69, 9.17) is 0 Å². The molecule has 10 heteroatoms. The molecule has 144 valence electrons. The normalized spacial score (nSPS) is 15.2. The SMILES string of the molecule is Cc1nn(C(=O)c2cccc([N+](=O)[O-])c2C)c(C)c1S(=O)(=O)N1CCCC1. The number of nitrogens with zero attached hydrogens (tertiary/aromatic N) is 4. The maximum Gasteiger partial charge on any atom is 0.278 e. The molecule has 1 saturated heterocycles. The zero-order chi connectivity index (χ0) is 19.9. The van der Waals surface area contributed by atoms with Crippen molar-refractivity contribution in [3.63, 3.8) is 0 Å². The van der Waals surface area contributed by atoms with Crippen molar-refractivity contribution in [3.8, 4) is 0 Å². The highest BCUT2D eigenvalue weighted by Gasteiger charge is 2.34. The summed E-state index contributed by atoms with van der Waals surface area (Å²) >= 11 is 0. The molecule has 27 heavy (non-hydrogen) atoms. The van der Waals surface area contributed by atoms with Gasteiger partial charge in [-0.1, -0.05) is 6.07 Å². The van der Waals surface area contributed by atoms with Crippen molar-refractivity contribution in [2.75, 3.05) is 13.1 Å². The molecule has 0 N–H and O–H groups in total. The van der Waals surface area contributed by atoms with Gasteiger partial charge in [0.2, 0.25) is 10.0 Å². The van der Waals surface area contributed by atoms with E-state index in [-0.39, 0.29) is 33.1 Å². The number of carbonyl (C=O) groups is 1. The first-order valence-electron chi connectivity index (χ1n) is 8.51. The molecule has 0 bridgehead atoms. The number of benzene rings is 1. The zero-order valence-electron chi connectivity index (χ0n) is 15.3. The van der Waals surface area contributed by atoms with E-state index in [2.05, 4.69) is 5.10 Å². The van der Waals surface area contributed by atoms with E-state index in [1.165, 1.54) is 36.4 Å². The maximum absolute atomic E-state index is 12.9. The summed E-state index contributed by atoms with van der Waals surface area (Å²) in [4.78, 5) is 23.5. The quantitative estimate of drug-likeness (QED) is 0.582. The number of hydrogen-bond donors (Lipinski definition) is 0. The van der Waals surface area contributed by atoms with Crippen molar-refractivity contribution >= 4 is 21.6 Å². The molecule has 1 fully saturated rings. The number of aromatic nitrogens is 2. The highest BCUT2D eigenvalue weighted by molar-refractivity contribution is 7.89. The van der Waals surface area contributed by atoms with Crippen LogP contribution in [-0.4, -0.2) is 46.4 Å². The molecule has 2 aromatic rings. The smallest absolute Gasteiger partial charge is 0.267 e. The van der Waals surface area contributed by atoms with Gasteiger partial charge in [-0.25, -0.2) is 8.42 Å². The molecule has 1 aliphatic rings. The van der Waals surface area contributed by atoms with Crippen LogP contribution in [-0.2, 0) is 10.0 Å². The summed E-state index contributed by atoms with van der Waals surface area (Å²) in [7, 11) is -3.74. The summed E-state index contributed by atoms with van der Waals surface area (Å²) in [6, 6.07) is 4.21. The standard InChI is InChI=1S/C17H20N4O5S/c1-11-14(7-6-8-15(11)21(23)24)17(22)20-13(3)16(12(2)18-20)27(25,26)19-9-4-5-10-19/h6-8H,4-5,9-10H2,1-3H3. The van der Waals surface area contributed by atoms with Crippen LogP contribution in [0.3, 0.4) is 0 Å². The van der Waals surface area contributed by atoms with Crippen LogP contribution >= 0.6 is 0 Å². The molecule has 3 rings (SSSR count). The molecule has 0 amide bonds. The number of hydrogen-bond acceptors (Lipinski definition) is 6. The number of sulfonamides is 1. The minimum absolute atomic E-state index is 0.0285. The molecule has 1 aromatic carbocycles. The van der Waals surface area contributed by atoms with Crippen molar-refractivity contribution in [2.45, 2.75) is 38.5 Å². The highest BCUT2D eigenvalue weighted by atomic mass is 32.2. The van der Waals surface area contributed by atoms with Crippen LogP contribution in [0.1, 0.15) is 40.2 Å². The highest BCUT2D eigenvalue weighted by Crippen LogP contribution is 2.28. The van der Waals surface area contributed by atoms with Crippen LogP contribution in [0.2, 0.25) is 0 Å². The van der Waals surface area contributed by atoms with E-state index < -0.39 is 20.9 Å². The molecule has 1 aliphatic heterocycles. The molecule has 0 spiro atoms. The largest absolute Gasteiger partial charge is 0.278 e. The summed E-state index contributed by atoms with van der Waals surface area (Å²) in [6.07, 6.45) is 1.61. The molecule has 0 saturated carbocycles. The van der Waals surface area contributed by atoms with Crippen LogP contribution in [0.25, 0.3) is 0 Å². The minimum Gasteiger partial charge on any atom is -0.267 e. The number of nitro groups is 1. The second-order valence-electron chi connectivity index (χ2n) is 6.53. The average Bonchev–Trinajstić information content (AvgIpc) is 3.23. The van der Waals surface area contributed by atoms with Gasteiger partial charge in [-0.05, 0) is 39.7 Å². The topological polar surface area (TPSA) is 115 Å². The fraction of sp³-hybridized carbons (Fsp3) is 0.412. The zero-order valence-corrected chi connectivity index (χ0v) is 16.1. The van der Waals surface area contributed by atoms with Gasteiger partial charge < -0.3 is 0 Å². The Balaban J connectivity index is 2.09. The third kappa shape index (κ3) is 3.15. The Labute approximate surface area is 156 Å². The van der Waals surface area contributed by atoms with Crippen molar-refractivity contribution in [3.05, 3.63) is 50.8 Å². The first kappa shape index (κ1) is 19.2. The predicted octanol–water partition coefficient (Wildman–Crippen LogP) is 2.19. The van der Waals surface area contributed by atoms with Gasteiger partial charge in [-0.2, -0.15) is 14.1 Å². The van der Waals surface area contributed by atoms with E-state index in [1.54, 1.807) is 6.92 Å². The third-order valence-electron chi connectivity index (χ3n) is 4.81. The van der Waals surface area contributed by atoms with Crippen molar-refractivity contribution in [1.82, 2.24) is 14.1 Å². The van der Waals surface area contributed by atoms with Crippen molar-refractivity contribution in [1.29, 1.82) is 0 Å². The second-order valence-corrected chi connectivity index (χ2v) is 8.41. The summed E-state index contributed by atoms with van der Waals surface area (Å²) in [5, 5.41) is 15.3. The molecule has 0 radical (unpaired) electrons. The molecular weight excluding hydrogens is 372 g/mol. The summed E-state index contributed by atoms with van der Waals surface area (Å²) in [5.74, 6) is -0.598. The maximum atomic E-state index is 12.9. The fourth-order valence-corrected chi connectivity index (χ4v) is 5.30. The average molecular weight is 392 g/mol. The Kier molecular flexibility index (Phi) is 4.87. The van der Waals surface area contributed by atoms with Gasteiger partial charge in [0.05, 0.1) is 21.9 Å². The van der Waals surface area contributed by atoms with E-state index in [9.17, 15) is 23.3 Å². The molecule has 0 aliphatic carbocycles. The van der Waals surface area contributed by atoms with Crippen LogP contribution < -0.4 is 0 Å². The molecular formula is C17H20N4O5S. The fourth-order valence-electron chi connectivity index (χ4n) is 3.42. The first-order valence-corrected chi connectivity index (χ1v) is 9.95. The number of rotatable bonds is 4. The number of nitro benzene ring substituents is 1. The third-order valence-corrected chi connectivity index (χ3v) is 6.96. The van der Waals surface area contributed by atoms with E-state index in [1.807, 2.05) is 0 Å². The lowest BCUT2D eigenvalue weighted by molar-refractivity contribution is -0.385. The summed E-state index contributed by atoms with van der Waals surface area (Å²) in [5.41, 5.74) is 0.586. The van der Waals surface area contributed by atoms with Gasteiger partial charge >= 0.3 is 0 Å². The van der Waals surface area contributed by atoms with Crippen molar-refractivity contribution in [2.24, 2.45) is 0 Å². The van der Waals surface area contributed by atoms with Crippen LogP contribution in [0.4, 0.5) is 5.69 Å². The van der Waals surface area contributed by atoms with Crippen LogP contribution in [0.15, 0.2) is 23.1 Å². The Hall–Kier alpha value is -2.59. The van der Waals surface area contributed by atoms with Gasteiger partial charge in [-0.15, -0.1) is 0 Å². The van der Waals surface area contributed by atoms with Gasteiger partial charge in [0.1, 0.15) is 4.90 Å². The van der Waals surface area contributed by atoms with Crippen LogP contribution in [0.5, 0.6) is 0 Å². The first-order chi connectivity index (χ1) is 12.7. The Morgan fingerprint density at radius 1 is 1.19 bits per heavy atom. The lowest BCUT2D eigenvalue weighted by Gasteiger charge is -2.15. The molecule has 9 nitrogen and oxygen atoms in total. The van der Waals surface area contributed by atoms with Gasteiger partial charge in [0.15, 0.2) is 0 Å². The Morgan fingerprint density at radius 2 is 1.81 bits per heavy atom. The van der Waals surface area contributed by atoms with Gasteiger partial charge in [-0.3, -0.25) is 14.9 Å². The predicted molar refractivity (Wildman–Crippen MR) is 97.3 cm³/mol. The van der Waals surface area contributed by atoms with Gasteiger partial charge in [0, 0.05) is 24.7 Å². The molecule has 0 atom stereocenters. The Morgan fingerprint density at radius 3 is 2.41 bits per heavy atom. The lowest BCUT2D eigenvalue weighted by Crippen LogP contribution is -2.29. The van der Waals surface area contributed by atoms with Crippen molar-refractivity contribution < 1.29 is 18.1 Å². The minimum atomic E-state index is -3.74. The summed E-state index contributed by atoms with van der Waals surface area (Å²) < 4.78 is 28.3. The molecule has 0 unspecified atom stereocenters. The number of aryl methyl sites for hydroxylation is 1. The second kappa shape index (κ2) is 6.86. The number of carbonyl (C=O) groups excluding carboxylic acids is 1. The monoisotopic (exact) mass is 392 g/mol. The van der Waals surface area contributed by atoms with E-state index >= 15 is 0 Å². The van der Waals surface area contributed by atoms with Gasteiger partial charge in [0.25, 0.3) is 11.6 Å². The van der Waals surface area contributed by atoms with Crippen LogP contribution in [0, 0.1) is 30.9 Å². The Bertz CT molecular complexity index is 1040. The van der Waals surface area contributed by atoms with E-state index in [0.29, 0.717) is 13.1 Å². The lowest BCUT2D eigenvalue weighted by atomic mass is 10.1.